The molecule has 8 heteroatoms. The second kappa shape index (κ2) is 9.70. The van der Waals surface area contributed by atoms with Gasteiger partial charge in [0.15, 0.2) is 0 Å². The highest BCUT2D eigenvalue weighted by Gasteiger charge is 2.48. The second-order valence-corrected chi connectivity index (χ2v) is 9.48. The van der Waals surface area contributed by atoms with Crippen LogP contribution in [0.25, 0.3) is 11.1 Å². The minimum absolute atomic E-state index is 0.00248. The molecule has 2 amide bonds. The van der Waals surface area contributed by atoms with E-state index in [2.05, 4.69) is 29.6 Å². The van der Waals surface area contributed by atoms with Gasteiger partial charge < -0.3 is 24.8 Å². The van der Waals surface area contributed by atoms with Crippen molar-refractivity contribution in [1.29, 1.82) is 0 Å². The molecular formula is C27H30N2O6. The predicted molar refractivity (Wildman–Crippen MR) is 128 cm³/mol. The van der Waals surface area contributed by atoms with Crippen molar-refractivity contribution < 1.29 is 29.0 Å². The molecule has 0 radical (unpaired) electrons. The third kappa shape index (κ3) is 4.50. The lowest BCUT2D eigenvalue weighted by atomic mass is 9.98. The Hall–Kier alpha value is -3.39. The standard InChI is InChI=1S/C27H30N2O6/c1-2-29(24-15-34-13-23(24)26(31)32)25(30)21-11-16(21)12-28-27(33)35-14-22-19-9-5-3-7-17(19)18-8-4-6-10-20(18)22/h3-10,16,21-24H,2,11-15H2,1H3,(H,28,33)(H,31,32). The number of benzene rings is 2. The van der Waals surface area contributed by atoms with Crippen LogP contribution in [0.2, 0.25) is 0 Å². The fourth-order valence-corrected chi connectivity index (χ4v) is 5.49. The van der Waals surface area contributed by atoms with E-state index in [0.717, 1.165) is 11.1 Å². The Morgan fingerprint density at radius 1 is 1.03 bits per heavy atom. The first-order valence-corrected chi connectivity index (χ1v) is 12.2. The summed E-state index contributed by atoms with van der Waals surface area (Å²) in [5.74, 6) is -1.88. The number of carboxylic acids is 1. The fraction of sp³-hybridized carbons (Fsp3) is 0.444. The first-order chi connectivity index (χ1) is 17.0. The van der Waals surface area contributed by atoms with Crippen molar-refractivity contribution in [2.75, 3.05) is 32.9 Å². The highest BCUT2D eigenvalue weighted by Crippen LogP contribution is 2.44. The molecule has 0 bridgehead atoms. The maximum atomic E-state index is 13.0. The Bertz CT molecular complexity index is 1090. The molecule has 1 saturated heterocycles. The summed E-state index contributed by atoms with van der Waals surface area (Å²) in [6.45, 7) is 3.25. The van der Waals surface area contributed by atoms with Gasteiger partial charge in [0, 0.05) is 24.9 Å². The van der Waals surface area contributed by atoms with Crippen LogP contribution in [0, 0.1) is 17.8 Å². The molecule has 2 fully saturated rings. The smallest absolute Gasteiger partial charge is 0.407 e. The average molecular weight is 479 g/mol. The molecule has 2 N–H and O–H groups in total. The van der Waals surface area contributed by atoms with Crippen molar-refractivity contribution in [3.63, 3.8) is 0 Å². The third-order valence-electron chi connectivity index (χ3n) is 7.48. The number of rotatable bonds is 8. The van der Waals surface area contributed by atoms with E-state index in [0.29, 0.717) is 19.5 Å². The summed E-state index contributed by atoms with van der Waals surface area (Å²) in [5, 5.41) is 12.2. The summed E-state index contributed by atoms with van der Waals surface area (Å²) >= 11 is 0. The van der Waals surface area contributed by atoms with E-state index in [1.807, 2.05) is 31.2 Å². The van der Waals surface area contributed by atoms with Gasteiger partial charge in [0.05, 0.1) is 19.3 Å². The molecule has 8 nitrogen and oxygen atoms in total. The number of ether oxygens (including phenoxy) is 2. The van der Waals surface area contributed by atoms with Crippen LogP contribution in [0.4, 0.5) is 4.79 Å². The lowest BCUT2D eigenvalue weighted by molar-refractivity contribution is -0.145. The Kier molecular flexibility index (Phi) is 6.47. The van der Waals surface area contributed by atoms with Crippen LogP contribution < -0.4 is 5.32 Å². The van der Waals surface area contributed by atoms with Gasteiger partial charge in [-0.05, 0) is 41.5 Å². The molecule has 2 aliphatic carbocycles. The zero-order chi connectivity index (χ0) is 24.5. The monoisotopic (exact) mass is 478 g/mol. The van der Waals surface area contributed by atoms with Crippen molar-refractivity contribution in [2.24, 2.45) is 17.8 Å². The summed E-state index contributed by atoms with van der Waals surface area (Å²) in [7, 11) is 0. The van der Waals surface area contributed by atoms with E-state index in [9.17, 15) is 19.5 Å². The van der Waals surface area contributed by atoms with E-state index < -0.39 is 24.0 Å². The highest BCUT2D eigenvalue weighted by atomic mass is 16.5. The molecule has 2 aromatic carbocycles. The van der Waals surface area contributed by atoms with Crippen LogP contribution in [0.1, 0.15) is 30.4 Å². The second-order valence-electron chi connectivity index (χ2n) is 9.48. The molecule has 2 aromatic rings. The van der Waals surface area contributed by atoms with Gasteiger partial charge in [0.25, 0.3) is 0 Å². The highest BCUT2D eigenvalue weighted by molar-refractivity contribution is 5.83. The number of hydrogen-bond acceptors (Lipinski definition) is 5. The van der Waals surface area contributed by atoms with Crippen molar-refractivity contribution in [1.82, 2.24) is 10.2 Å². The number of carbonyl (C=O) groups excluding carboxylic acids is 2. The summed E-state index contributed by atoms with van der Waals surface area (Å²) in [5.41, 5.74) is 4.67. The minimum atomic E-state index is -0.942. The molecule has 0 aromatic heterocycles. The molecule has 184 valence electrons. The van der Waals surface area contributed by atoms with Gasteiger partial charge in [0.1, 0.15) is 12.5 Å². The molecule has 4 atom stereocenters. The Labute approximate surface area is 204 Å². The average Bonchev–Trinajstić information content (AvgIpc) is 3.35. The lowest BCUT2D eigenvalue weighted by Gasteiger charge is -2.29. The third-order valence-corrected chi connectivity index (χ3v) is 7.48. The number of nitrogens with zero attached hydrogens (tertiary/aromatic N) is 1. The lowest BCUT2D eigenvalue weighted by Crippen LogP contribution is -2.47. The van der Waals surface area contributed by atoms with Crippen LogP contribution in [-0.2, 0) is 19.1 Å². The first kappa shape index (κ1) is 23.4. The molecule has 1 heterocycles. The maximum Gasteiger partial charge on any atom is 0.407 e. The van der Waals surface area contributed by atoms with Crippen LogP contribution in [0.15, 0.2) is 48.5 Å². The maximum absolute atomic E-state index is 13.0. The van der Waals surface area contributed by atoms with E-state index in [1.165, 1.54) is 11.1 Å². The Balaban J connectivity index is 1.12. The summed E-state index contributed by atoms with van der Waals surface area (Å²) in [4.78, 5) is 38.6. The minimum Gasteiger partial charge on any atom is -0.481 e. The SMILES string of the molecule is CCN(C(=O)C1CC1CNC(=O)OCC1c2ccccc2-c2ccccc21)C1COCC1C(=O)O. The Morgan fingerprint density at radius 3 is 2.31 bits per heavy atom. The number of carboxylic acid groups (broad SMARTS) is 1. The van der Waals surface area contributed by atoms with Gasteiger partial charge in [-0.25, -0.2) is 4.79 Å². The normalized spacial score (nSPS) is 24.4. The number of likely N-dealkylation sites (N-methyl/N-ethyl adjacent to an activating group) is 1. The molecule has 5 rings (SSSR count). The van der Waals surface area contributed by atoms with E-state index in [4.69, 9.17) is 9.47 Å². The number of fused-ring (bicyclic) bond motifs is 3. The zero-order valence-corrected chi connectivity index (χ0v) is 19.7. The number of amides is 2. The van der Waals surface area contributed by atoms with Gasteiger partial charge in [-0.1, -0.05) is 48.5 Å². The van der Waals surface area contributed by atoms with Crippen molar-refractivity contribution in [2.45, 2.75) is 25.3 Å². The van der Waals surface area contributed by atoms with Gasteiger partial charge in [0.2, 0.25) is 5.91 Å². The molecule has 0 spiro atoms. The largest absolute Gasteiger partial charge is 0.481 e. The van der Waals surface area contributed by atoms with E-state index in [-0.39, 0.29) is 43.5 Å². The van der Waals surface area contributed by atoms with Crippen molar-refractivity contribution in [3.8, 4) is 11.1 Å². The van der Waals surface area contributed by atoms with E-state index >= 15 is 0 Å². The summed E-state index contributed by atoms with van der Waals surface area (Å²) in [6, 6.07) is 15.9. The number of aliphatic carboxylic acids is 1. The van der Waals surface area contributed by atoms with Crippen molar-refractivity contribution >= 4 is 18.0 Å². The number of hydrogen-bond donors (Lipinski definition) is 2. The van der Waals surface area contributed by atoms with Gasteiger partial charge >= 0.3 is 12.1 Å². The van der Waals surface area contributed by atoms with Gasteiger partial charge in [-0.3, -0.25) is 9.59 Å². The number of nitrogens with one attached hydrogen (secondary N) is 1. The zero-order valence-electron chi connectivity index (χ0n) is 19.7. The topological polar surface area (TPSA) is 105 Å². The van der Waals surface area contributed by atoms with Crippen molar-refractivity contribution in [3.05, 3.63) is 59.7 Å². The summed E-state index contributed by atoms with van der Waals surface area (Å²) < 4.78 is 10.9. The molecule has 1 saturated carbocycles. The van der Waals surface area contributed by atoms with Crippen LogP contribution in [-0.4, -0.2) is 66.9 Å². The summed E-state index contributed by atoms with van der Waals surface area (Å²) in [6.07, 6.45) is 0.178. The van der Waals surface area contributed by atoms with E-state index in [1.54, 1.807) is 4.90 Å². The number of carbonyl (C=O) groups is 3. The van der Waals surface area contributed by atoms with Gasteiger partial charge in [-0.15, -0.1) is 0 Å². The van der Waals surface area contributed by atoms with Crippen LogP contribution >= 0.6 is 0 Å². The molecule has 35 heavy (non-hydrogen) atoms. The molecule has 1 aliphatic heterocycles. The quantitative estimate of drug-likeness (QED) is 0.604. The molecule has 4 unspecified atom stereocenters. The Morgan fingerprint density at radius 2 is 1.69 bits per heavy atom. The number of alkyl carbamates (subject to hydrolysis) is 1. The fourth-order valence-electron chi connectivity index (χ4n) is 5.49. The van der Waals surface area contributed by atoms with Crippen LogP contribution in [0.5, 0.6) is 0 Å². The first-order valence-electron chi connectivity index (χ1n) is 12.2. The molecule has 3 aliphatic rings. The predicted octanol–water partition coefficient (Wildman–Crippen LogP) is 3.11. The molecular weight excluding hydrogens is 448 g/mol. The van der Waals surface area contributed by atoms with Crippen LogP contribution in [0.3, 0.4) is 0 Å². The van der Waals surface area contributed by atoms with Gasteiger partial charge in [-0.2, -0.15) is 0 Å².